The Labute approximate surface area is 166 Å². The summed E-state index contributed by atoms with van der Waals surface area (Å²) < 4.78 is 4.23. The second-order valence-corrected chi connectivity index (χ2v) is 6.78. The van der Waals surface area contributed by atoms with Gasteiger partial charge in [0.05, 0.1) is 0 Å². The van der Waals surface area contributed by atoms with Gasteiger partial charge in [0.15, 0.2) is 5.13 Å². The van der Waals surface area contributed by atoms with Crippen molar-refractivity contribution in [1.82, 2.24) is 9.36 Å². The van der Waals surface area contributed by atoms with E-state index in [0.717, 1.165) is 23.7 Å². The predicted octanol–water partition coefficient (Wildman–Crippen LogP) is 1.96. The molecule has 2 N–H and O–H groups in total. The fourth-order valence-corrected chi connectivity index (χ4v) is 3.41. The molecule has 0 saturated heterocycles. The third-order valence-corrected chi connectivity index (χ3v) is 4.88. The molecule has 0 fully saturated rings. The van der Waals surface area contributed by atoms with Crippen molar-refractivity contribution in [2.75, 3.05) is 5.32 Å². The van der Waals surface area contributed by atoms with E-state index in [1.165, 1.54) is 17.3 Å². The molecule has 2 rings (SSSR count). The van der Waals surface area contributed by atoms with Crippen LogP contribution in [0.1, 0.15) is 25.3 Å². The third kappa shape index (κ3) is 7.01. The minimum absolute atomic E-state index is 0. The molecule has 0 atom stereocenters. The summed E-state index contributed by atoms with van der Waals surface area (Å²) in [4.78, 5) is 16.6. The first kappa shape index (κ1) is 21.3. The summed E-state index contributed by atoms with van der Waals surface area (Å²) in [6, 6.07) is 10.1. The van der Waals surface area contributed by atoms with Gasteiger partial charge in [-0.15, -0.1) is 11.3 Å². The van der Waals surface area contributed by atoms with Crippen LogP contribution in [0.2, 0.25) is 0 Å². The molecule has 1 aromatic carbocycles. The maximum Gasteiger partial charge on any atom is 1.00 e. The Bertz CT molecular complexity index is 664. The second-order valence-electron chi connectivity index (χ2n) is 4.47. The number of amides is 1. The number of carbonyl (C=O) groups excluding carboxylic acids is 1. The SMILES string of the molecule is CCC[C-]=C(S[NH-])C(=O)Nc1nc(SCc2ccccc2)ns1.[Li+]. The van der Waals surface area contributed by atoms with E-state index in [1.54, 1.807) is 0 Å². The Morgan fingerprint density at radius 3 is 2.79 bits per heavy atom. The molecule has 122 valence electrons. The average Bonchev–Trinajstić information content (AvgIpc) is 3.02. The van der Waals surface area contributed by atoms with Crippen molar-refractivity contribution < 1.29 is 23.7 Å². The number of rotatable bonds is 8. The van der Waals surface area contributed by atoms with Crippen LogP contribution in [0.4, 0.5) is 5.13 Å². The van der Waals surface area contributed by atoms with Crippen molar-refractivity contribution in [3.8, 4) is 0 Å². The Morgan fingerprint density at radius 1 is 1.38 bits per heavy atom. The molecule has 0 spiro atoms. The number of carbonyl (C=O) groups is 1. The number of unbranched alkanes of at least 4 members (excludes halogenated alkanes) is 1. The van der Waals surface area contributed by atoms with Crippen molar-refractivity contribution >= 4 is 46.3 Å². The van der Waals surface area contributed by atoms with E-state index in [2.05, 4.69) is 20.8 Å². The molecule has 1 amide bonds. The zero-order chi connectivity index (χ0) is 16.5. The van der Waals surface area contributed by atoms with E-state index in [-0.39, 0.29) is 29.7 Å². The van der Waals surface area contributed by atoms with Crippen molar-refractivity contribution in [1.29, 1.82) is 0 Å². The summed E-state index contributed by atoms with van der Waals surface area (Å²) in [5, 5.41) is 11.1. The van der Waals surface area contributed by atoms with Gasteiger partial charge in [-0.2, -0.15) is 9.36 Å². The largest absolute Gasteiger partial charge is 1.00 e. The molecule has 0 radical (unpaired) electrons. The number of anilines is 1. The molecule has 24 heavy (non-hydrogen) atoms. The Kier molecular flexibility index (Phi) is 10.4. The molecule has 0 bridgehead atoms. The topological polar surface area (TPSA) is 78.7 Å². The number of aromatic nitrogens is 2. The van der Waals surface area contributed by atoms with Crippen LogP contribution >= 0.6 is 35.2 Å². The quantitative estimate of drug-likeness (QED) is 0.252. The number of nitrogens with one attached hydrogen (secondary N) is 2. The van der Waals surface area contributed by atoms with E-state index in [4.69, 9.17) is 5.14 Å². The zero-order valence-corrected chi connectivity index (χ0v) is 16.0. The molecule has 0 unspecified atom stereocenters. The molecular weight excluding hydrogens is 355 g/mol. The van der Waals surface area contributed by atoms with Crippen molar-refractivity contribution in [3.05, 3.63) is 52.0 Å². The molecule has 5 nitrogen and oxygen atoms in total. The molecule has 0 aliphatic carbocycles. The Balaban J connectivity index is 0.00000288. The van der Waals surface area contributed by atoms with Gasteiger partial charge in [0.2, 0.25) is 5.16 Å². The maximum atomic E-state index is 12.0. The van der Waals surface area contributed by atoms with Crippen LogP contribution < -0.4 is 24.2 Å². The van der Waals surface area contributed by atoms with Crippen LogP contribution in [0.3, 0.4) is 0 Å². The molecule has 0 saturated carbocycles. The fourth-order valence-electron chi connectivity index (χ4n) is 1.60. The van der Waals surface area contributed by atoms with Crippen LogP contribution in [0, 0.1) is 6.08 Å². The molecule has 0 aliphatic heterocycles. The monoisotopic (exact) mass is 371 g/mol. The summed E-state index contributed by atoms with van der Waals surface area (Å²) in [6.45, 7) is 2.00. The number of thioether (sulfide) groups is 1. The van der Waals surface area contributed by atoms with Gasteiger partial charge in [-0.3, -0.25) is 18.0 Å². The molecule has 9 heteroatoms. The number of hydrogen-bond donors (Lipinski definition) is 1. The van der Waals surface area contributed by atoms with Gasteiger partial charge < -0.3 is 15.3 Å². The fraction of sp³-hybridized carbons (Fsp3) is 0.267. The van der Waals surface area contributed by atoms with Crippen molar-refractivity contribution in [2.24, 2.45) is 0 Å². The molecule has 1 aromatic heterocycles. The predicted molar refractivity (Wildman–Crippen MR) is 98.1 cm³/mol. The second kappa shape index (κ2) is 11.7. The minimum atomic E-state index is -0.353. The summed E-state index contributed by atoms with van der Waals surface area (Å²) in [5.74, 6) is 0.428. The van der Waals surface area contributed by atoms with Gasteiger partial charge in [-0.05, 0) is 5.56 Å². The summed E-state index contributed by atoms with van der Waals surface area (Å²) in [6.07, 6.45) is 4.46. The number of nitrogens with zero attached hydrogens (tertiary/aromatic N) is 2. The van der Waals surface area contributed by atoms with E-state index in [1.807, 2.05) is 37.3 Å². The summed E-state index contributed by atoms with van der Waals surface area (Å²) in [7, 11) is 0. The van der Waals surface area contributed by atoms with Crippen LogP contribution in [-0.4, -0.2) is 15.3 Å². The Morgan fingerprint density at radius 2 is 2.12 bits per heavy atom. The smallest absolute Gasteiger partial charge is 0.619 e. The van der Waals surface area contributed by atoms with Gasteiger partial charge in [0.1, 0.15) is 5.91 Å². The van der Waals surface area contributed by atoms with E-state index in [9.17, 15) is 4.79 Å². The van der Waals surface area contributed by atoms with E-state index >= 15 is 0 Å². The van der Waals surface area contributed by atoms with E-state index < -0.39 is 0 Å². The maximum absolute atomic E-state index is 12.0. The average molecular weight is 371 g/mol. The minimum Gasteiger partial charge on any atom is -0.619 e. The van der Waals surface area contributed by atoms with Crippen LogP contribution in [-0.2, 0) is 10.5 Å². The summed E-state index contributed by atoms with van der Waals surface area (Å²) in [5.41, 5.74) is 1.20. The van der Waals surface area contributed by atoms with Crippen molar-refractivity contribution in [2.45, 2.75) is 30.7 Å². The normalized spacial score (nSPS) is 11.0. The van der Waals surface area contributed by atoms with Gasteiger partial charge >= 0.3 is 18.9 Å². The third-order valence-electron chi connectivity index (χ3n) is 2.68. The molecule has 2 aromatic rings. The number of benzene rings is 1. The van der Waals surface area contributed by atoms with Crippen LogP contribution in [0.5, 0.6) is 0 Å². The zero-order valence-electron chi connectivity index (χ0n) is 13.5. The van der Waals surface area contributed by atoms with Crippen molar-refractivity contribution in [3.63, 3.8) is 0 Å². The number of hydrogen-bond acceptors (Lipinski definition) is 6. The standard InChI is InChI=1S/C15H16N4OS3.Li/c1-2-3-9-12(22-16)13(20)17-14-18-15(19-23-14)21-10-11-7-5-4-6-8-11;/h4-8,16H,2-3,10H2,1H3,(H,17,18,19,20);/q-2;+1. The van der Waals surface area contributed by atoms with Gasteiger partial charge in [0, 0.05) is 17.3 Å². The Hall–Kier alpha value is -0.753. The molecule has 1 heterocycles. The first-order valence-corrected chi connectivity index (χ1v) is 9.56. The first-order valence-electron chi connectivity index (χ1n) is 6.99. The van der Waals surface area contributed by atoms with Crippen LogP contribution in [0.15, 0.2) is 40.4 Å². The van der Waals surface area contributed by atoms with Gasteiger partial charge in [0.25, 0.3) is 0 Å². The number of allylic oxidation sites excluding steroid dienone is 1. The van der Waals surface area contributed by atoms with Crippen LogP contribution in [0.25, 0.3) is 5.14 Å². The van der Waals surface area contributed by atoms with Gasteiger partial charge in [-0.25, -0.2) is 0 Å². The molecule has 0 aliphatic rings. The van der Waals surface area contributed by atoms with Gasteiger partial charge in [-0.1, -0.05) is 55.4 Å². The van der Waals surface area contributed by atoms with E-state index in [0.29, 0.717) is 28.7 Å². The molecular formula is C15H16LiN4OS3-. The first-order chi connectivity index (χ1) is 11.2. The summed E-state index contributed by atoms with van der Waals surface area (Å²) >= 11 is 3.31.